The topological polar surface area (TPSA) is 28.7 Å². The number of benzene rings is 1. The molecule has 1 atom stereocenters. The van der Waals surface area contributed by atoms with E-state index >= 15 is 0 Å². The van der Waals surface area contributed by atoms with Gasteiger partial charge in [-0.2, -0.15) is 0 Å². The second-order valence-corrected chi connectivity index (χ2v) is 3.75. The molecule has 1 aromatic carbocycles. The molecule has 0 fully saturated rings. The summed E-state index contributed by atoms with van der Waals surface area (Å²) in [7, 11) is 0. The standard InChI is InChI=1S/C13H16N2/c1-3-11-6-4-5-7-12(11)10(2)13-14-8-9-15-13/h4-10H,3H2,1-2H3,(H,14,15)/t10-/m1/s1. The van der Waals surface area contributed by atoms with Crippen molar-refractivity contribution in [1.82, 2.24) is 9.97 Å². The molecule has 1 heterocycles. The molecule has 15 heavy (non-hydrogen) atoms. The molecule has 0 aliphatic rings. The van der Waals surface area contributed by atoms with Crippen LogP contribution in [0.1, 0.15) is 36.7 Å². The number of rotatable bonds is 3. The quantitative estimate of drug-likeness (QED) is 0.810. The van der Waals surface area contributed by atoms with Gasteiger partial charge in [0.05, 0.1) is 0 Å². The highest BCUT2D eigenvalue weighted by molar-refractivity contribution is 5.33. The van der Waals surface area contributed by atoms with Gasteiger partial charge in [-0.1, -0.05) is 38.1 Å². The van der Waals surface area contributed by atoms with Crippen LogP contribution >= 0.6 is 0 Å². The second-order valence-electron chi connectivity index (χ2n) is 3.75. The zero-order chi connectivity index (χ0) is 10.7. The van der Waals surface area contributed by atoms with Crippen molar-refractivity contribution in [3.05, 3.63) is 53.6 Å². The van der Waals surface area contributed by atoms with Gasteiger partial charge in [-0.3, -0.25) is 0 Å². The van der Waals surface area contributed by atoms with Crippen LogP contribution in [-0.2, 0) is 6.42 Å². The molecule has 0 spiro atoms. The Morgan fingerprint density at radius 2 is 2.13 bits per heavy atom. The summed E-state index contributed by atoms with van der Waals surface area (Å²) in [6, 6.07) is 8.56. The smallest absolute Gasteiger partial charge is 0.113 e. The van der Waals surface area contributed by atoms with Crippen molar-refractivity contribution in [3.63, 3.8) is 0 Å². The molecule has 0 saturated heterocycles. The van der Waals surface area contributed by atoms with Gasteiger partial charge in [0.2, 0.25) is 0 Å². The summed E-state index contributed by atoms with van der Waals surface area (Å²) >= 11 is 0. The van der Waals surface area contributed by atoms with Crippen LogP contribution in [0.15, 0.2) is 36.7 Å². The summed E-state index contributed by atoms with van der Waals surface area (Å²) in [5, 5.41) is 0. The van der Waals surface area contributed by atoms with Gasteiger partial charge in [0.15, 0.2) is 0 Å². The fourth-order valence-electron chi connectivity index (χ4n) is 1.94. The Morgan fingerprint density at radius 3 is 2.80 bits per heavy atom. The van der Waals surface area contributed by atoms with Gasteiger partial charge in [0.25, 0.3) is 0 Å². The molecule has 2 rings (SSSR count). The number of H-pyrrole nitrogens is 1. The Balaban J connectivity index is 2.37. The third-order valence-corrected chi connectivity index (χ3v) is 2.83. The number of imidazole rings is 1. The van der Waals surface area contributed by atoms with Gasteiger partial charge in [0.1, 0.15) is 5.82 Å². The summed E-state index contributed by atoms with van der Waals surface area (Å²) in [6.07, 6.45) is 4.75. The number of nitrogens with zero attached hydrogens (tertiary/aromatic N) is 1. The molecule has 0 amide bonds. The Labute approximate surface area is 90.4 Å². The van der Waals surface area contributed by atoms with E-state index < -0.39 is 0 Å². The fourth-order valence-corrected chi connectivity index (χ4v) is 1.94. The van der Waals surface area contributed by atoms with E-state index in [1.807, 2.05) is 6.20 Å². The van der Waals surface area contributed by atoms with Crippen molar-refractivity contribution in [2.45, 2.75) is 26.2 Å². The molecule has 0 aliphatic heterocycles. The first-order valence-electron chi connectivity index (χ1n) is 5.40. The second kappa shape index (κ2) is 4.30. The molecule has 0 radical (unpaired) electrons. The molecule has 1 N–H and O–H groups in total. The molecule has 0 unspecified atom stereocenters. The highest BCUT2D eigenvalue weighted by Crippen LogP contribution is 2.24. The Kier molecular flexibility index (Phi) is 2.86. The Hall–Kier alpha value is -1.57. The molecule has 0 bridgehead atoms. The van der Waals surface area contributed by atoms with Crippen molar-refractivity contribution < 1.29 is 0 Å². The molecule has 1 aromatic heterocycles. The zero-order valence-electron chi connectivity index (χ0n) is 9.20. The minimum atomic E-state index is 0.344. The summed E-state index contributed by atoms with van der Waals surface area (Å²) in [4.78, 5) is 7.49. The maximum Gasteiger partial charge on any atom is 0.113 e. The van der Waals surface area contributed by atoms with Crippen LogP contribution in [0.3, 0.4) is 0 Å². The van der Waals surface area contributed by atoms with Crippen LogP contribution < -0.4 is 0 Å². The van der Waals surface area contributed by atoms with Gasteiger partial charge >= 0.3 is 0 Å². The summed E-state index contributed by atoms with van der Waals surface area (Å²) in [6.45, 7) is 4.38. The highest BCUT2D eigenvalue weighted by atomic mass is 14.9. The fraction of sp³-hybridized carbons (Fsp3) is 0.308. The van der Waals surface area contributed by atoms with Gasteiger partial charge in [-0.05, 0) is 17.5 Å². The van der Waals surface area contributed by atoms with Crippen LogP contribution in [-0.4, -0.2) is 9.97 Å². The van der Waals surface area contributed by atoms with Crippen molar-refractivity contribution in [2.75, 3.05) is 0 Å². The zero-order valence-corrected chi connectivity index (χ0v) is 9.20. The van der Waals surface area contributed by atoms with E-state index in [1.165, 1.54) is 11.1 Å². The van der Waals surface area contributed by atoms with Gasteiger partial charge in [-0.25, -0.2) is 4.98 Å². The first-order chi connectivity index (χ1) is 7.33. The average molecular weight is 200 g/mol. The van der Waals surface area contributed by atoms with E-state index in [0.717, 1.165) is 12.2 Å². The lowest BCUT2D eigenvalue weighted by Gasteiger charge is -2.13. The lowest BCUT2D eigenvalue weighted by molar-refractivity contribution is 0.823. The highest BCUT2D eigenvalue weighted by Gasteiger charge is 2.12. The van der Waals surface area contributed by atoms with Crippen LogP contribution in [0.4, 0.5) is 0 Å². The molecule has 0 saturated carbocycles. The van der Waals surface area contributed by atoms with Gasteiger partial charge in [0, 0.05) is 18.3 Å². The van der Waals surface area contributed by atoms with E-state index in [-0.39, 0.29) is 0 Å². The predicted octanol–water partition coefficient (Wildman–Crippen LogP) is 3.12. The SMILES string of the molecule is CCc1ccccc1[C@@H](C)c1ncc[nH]1. The molecule has 78 valence electrons. The first kappa shape index (κ1) is 9.97. The van der Waals surface area contributed by atoms with Gasteiger partial charge < -0.3 is 4.98 Å². The van der Waals surface area contributed by atoms with Crippen LogP contribution in [0, 0.1) is 0 Å². The third-order valence-electron chi connectivity index (χ3n) is 2.83. The van der Waals surface area contributed by atoms with E-state index in [1.54, 1.807) is 6.20 Å². The van der Waals surface area contributed by atoms with E-state index in [9.17, 15) is 0 Å². The number of aromatic amines is 1. The largest absolute Gasteiger partial charge is 0.348 e. The van der Waals surface area contributed by atoms with E-state index in [2.05, 4.69) is 48.1 Å². The number of hydrogen-bond donors (Lipinski definition) is 1. The van der Waals surface area contributed by atoms with Crippen molar-refractivity contribution in [1.29, 1.82) is 0 Å². The number of hydrogen-bond acceptors (Lipinski definition) is 1. The third kappa shape index (κ3) is 1.94. The number of aromatic nitrogens is 2. The van der Waals surface area contributed by atoms with Crippen molar-refractivity contribution in [3.8, 4) is 0 Å². The normalized spacial score (nSPS) is 12.7. The minimum Gasteiger partial charge on any atom is -0.348 e. The Bertz CT molecular complexity index is 418. The monoisotopic (exact) mass is 200 g/mol. The number of nitrogens with one attached hydrogen (secondary N) is 1. The molecular formula is C13H16N2. The van der Waals surface area contributed by atoms with Crippen molar-refractivity contribution >= 4 is 0 Å². The maximum atomic E-state index is 4.31. The molecule has 2 heteroatoms. The number of aryl methyl sites for hydroxylation is 1. The molecule has 0 aliphatic carbocycles. The lowest BCUT2D eigenvalue weighted by Crippen LogP contribution is -2.02. The summed E-state index contributed by atoms with van der Waals surface area (Å²) in [5.41, 5.74) is 2.77. The summed E-state index contributed by atoms with van der Waals surface area (Å²) < 4.78 is 0. The molecule has 2 aromatic rings. The predicted molar refractivity (Wildman–Crippen MR) is 61.9 cm³/mol. The van der Waals surface area contributed by atoms with Crippen LogP contribution in [0.5, 0.6) is 0 Å². The maximum absolute atomic E-state index is 4.31. The van der Waals surface area contributed by atoms with Crippen LogP contribution in [0.2, 0.25) is 0 Å². The molecule has 2 nitrogen and oxygen atoms in total. The lowest BCUT2D eigenvalue weighted by atomic mass is 9.94. The Morgan fingerprint density at radius 1 is 1.33 bits per heavy atom. The minimum absolute atomic E-state index is 0.344. The average Bonchev–Trinajstić information content (AvgIpc) is 2.81. The molecular weight excluding hydrogens is 184 g/mol. The van der Waals surface area contributed by atoms with E-state index in [0.29, 0.717) is 5.92 Å². The van der Waals surface area contributed by atoms with Gasteiger partial charge in [-0.15, -0.1) is 0 Å². The van der Waals surface area contributed by atoms with E-state index in [4.69, 9.17) is 0 Å². The van der Waals surface area contributed by atoms with Crippen LogP contribution in [0.25, 0.3) is 0 Å². The van der Waals surface area contributed by atoms with Crippen molar-refractivity contribution in [2.24, 2.45) is 0 Å². The first-order valence-corrected chi connectivity index (χ1v) is 5.40. The summed E-state index contributed by atoms with van der Waals surface area (Å²) in [5.74, 6) is 1.38.